The molecule has 5 nitrogen and oxygen atoms in total. The molecule has 0 amide bonds. The smallest absolute Gasteiger partial charge is 0.145 e. The van der Waals surface area contributed by atoms with Crippen molar-refractivity contribution < 1.29 is 4.74 Å². The lowest BCUT2D eigenvalue weighted by Gasteiger charge is -2.20. The Morgan fingerprint density at radius 2 is 1.58 bits per heavy atom. The van der Waals surface area contributed by atoms with Crippen molar-refractivity contribution in [3.8, 4) is 11.5 Å². The van der Waals surface area contributed by atoms with Crippen LogP contribution in [0.2, 0.25) is 0 Å². The molecule has 2 heterocycles. The van der Waals surface area contributed by atoms with Gasteiger partial charge in [-0.2, -0.15) is 0 Å². The third-order valence-corrected chi connectivity index (χ3v) is 4.18. The molecule has 26 heavy (non-hydrogen) atoms. The van der Waals surface area contributed by atoms with E-state index in [1.807, 2.05) is 79.5 Å². The van der Waals surface area contributed by atoms with Crippen molar-refractivity contribution in [2.24, 2.45) is 0 Å². The van der Waals surface area contributed by atoms with Crippen LogP contribution in [0.1, 0.15) is 5.69 Å². The lowest BCUT2D eigenvalue weighted by Crippen LogP contribution is -2.11. The van der Waals surface area contributed by atoms with Crippen molar-refractivity contribution in [2.75, 3.05) is 11.9 Å². The van der Waals surface area contributed by atoms with Crippen LogP contribution in [0.25, 0.3) is 10.9 Å². The van der Waals surface area contributed by atoms with Crippen molar-refractivity contribution in [2.45, 2.75) is 6.92 Å². The van der Waals surface area contributed by atoms with Crippen molar-refractivity contribution >= 4 is 22.4 Å². The first kappa shape index (κ1) is 16.0. The van der Waals surface area contributed by atoms with E-state index < -0.39 is 0 Å². The number of fused-ring (bicyclic) bond motifs is 1. The van der Waals surface area contributed by atoms with Crippen LogP contribution in [0.5, 0.6) is 11.5 Å². The largest absolute Gasteiger partial charge is 0.456 e. The van der Waals surface area contributed by atoms with E-state index in [9.17, 15) is 0 Å². The lowest BCUT2D eigenvalue weighted by atomic mass is 10.2. The van der Waals surface area contributed by atoms with Gasteiger partial charge in [-0.25, -0.2) is 9.97 Å². The predicted octanol–water partition coefficient (Wildman–Crippen LogP) is 4.89. The molecule has 0 aliphatic heterocycles. The number of hydrogen-bond acceptors (Lipinski definition) is 5. The Kier molecular flexibility index (Phi) is 4.19. The van der Waals surface area contributed by atoms with Gasteiger partial charge in [0.1, 0.15) is 23.6 Å². The van der Waals surface area contributed by atoms with E-state index in [0.717, 1.165) is 39.6 Å². The van der Waals surface area contributed by atoms with Crippen molar-refractivity contribution in [3.05, 3.63) is 78.9 Å². The molecule has 4 rings (SSSR count). The molecule has 2 aromatic carbocycles. The second kappa shape index (κ2) is 6.80. The van der Waals surface area contributed by atoms with Gasteiger partial charge in [0, 0.05) is 23.8 Å². The second-order valence-corrected chi connectivity index (χ2v) is 6.00. The summed E-state index contributed by atoms with van der Waals surface area (Å²) in [4.78, 5) is 15.1. The molecule has 0 bridgehead atoms. The number of para-hydroxylation sites is 1. The Balaban J connectivity index is 1.58. The average molecular weight is 342 g/mol. The van der Waals surface area contributed by atoms with Gasteiger partial charge in [-0.3, -0.25) is 4.98 Å². The summed E-state index contributed by atoms with van der Waals surface area (Å²) >= 11 is 0. The van der Waals surface area contributed by atoms with E-state index in [2.05, 4.69) is 15.0 Å². The fourth-order valence-corrected chi connectivity index (χ4v) is 2.77. The second-order valence-electron chi connectivity index (χ2n) is 6.00. The number of ether oxygens (including phenoxy) is 1. The highest BCUT2D eigenvalue weighted by molar-refractivity contribution is 5.91. The third-order valence-electron chi connectivity index (χ3n) is 4.18. The normalized spacial score (nSPS) is 10.7. The summed E-state index contributed by atoms with van der Waals surface area (Å²) in [6.07, 6.45) is 3.32. The minimum Gasteiger partial charge on any atom is -0.456 e. The average Bonchev–Trinajstić information content (AvgIpc) is 2.69. The molecular weight excluding hydrogens is 324 g/mol. The quantitative estimate of drug-likeness (QED) is 0.528. The Morgan fingerprint density at radius 3 is 2.35 bits per heavy atom. The van der Waals surface area contributed by atoms with Crippen LogP contribution in [0.15, 0.2) is 73.2 Å². The zero-order valence-electron chi connectivity index (χ0n) is 14.6. The first-order chi connectivity index (χ1) is 12.7. The molecule has 4 aromatic rings. The Hall–Kier alpha value is -3.47. The monoisotopic (exact) mass is 342 g/mol. The van der Waals surface area contributed by atoms with Gasteiger partial charge in [0.25, 0.3) is 0 Å². The maximum absolute atomic E-state index is 5.84. The van der Waals surface area contributed by atoms with Crippen molar-refractivity contribution in [3.63, 3.8) is 0 Å². The first-order valence-corrected chi connectivity index (χ1v) is 8.35. The summed E-state index contributed by atoms with van der Waals surface area (Å²) in [5.41, 5.74) is 2.91. The Morgan fingerprint density at radius 1 is 0.808 bits per heavy atom. The van der Waals surface area contributed by atoms with Crippen LogP contribution in [-0.2, 0) is 0 Å². The molecule has 0 aliphatic rings. The molecule has 0 aliphatic carbocycles. The molecule has 0 radical (unpaired) electrons. The summed E-state index contributed by atoms with van der Waals surface area (Å²) in [7, 11) is 1.99. The fourth-order valence-electron chi connectivity index (χ4n) is 2.77. The molecule has 0 atom stereocenters. The van der Waals surface area contributed by atoms with E-state index in [1.54, 1.807) is 12.5 Å². The van der Waals surface area contributed by atoms with Crippen molar-refractivity contribution in [1.29, 1.82) is 0 Å². The summed E-state index contributed by atoms with van der Waals surface area (Å²) < 4.78 is 5.84. The van der Waals surface area contributed by atoms with E-state index in [1.165, 1.54) is 0 Å². The van der Waals surface area contributed by atoms with Gasteiger partial charge < -0.3 is 9.64 Å². The van der Waals surface area contributed by atoms with Gasteiger partial charge in [0.05, 0.1) is 11.7 Å². The van der Waals surface area contributed by atoms with Gasteiger partial charge in [-0.15, -0.1) is 0 Å². The lowest BCUT2D eigenvalue weighted by molar-refractivity contribution is 0.480. The van der Waals surface area contributed by atoms with Gasteiger partial charge in [-0.1, -0.05) is 12.1 Å². The minimum atomic E-state index is 0.721. The number of benzene rings is 2. The zero-order valence-corrected chi connectivity index (χ0v) is 14.6. The van der Waals surface area contributed by atoms with Crippen LogP contribution in [0.4, 0.5) is 11.5 Å². The maximum Gasteiger partial charge on any atom is 0.145 e. The molecule has 0 unspecified atom stereocenters. The molecule has 0 N–H and O–H groups in total. The van der Waals surface area contributed by atoms with Gasteiger partial charge in [-0.05, 0) is 55.5 Å². The summed E-state index contributed by atoms with van der Waals surface area (Å²) in [6, 6.07) is 19.7. The van der Waals surface area contributed by atoms with Crippen LogP contribution in [-0.4, -0.2) is 22.0 Å². The van der Waals surface area contributed by atoms with Crippen LogP contribution < -0.4 is 9.64 Å². The topological polar surface area (TPSA) is 51.1 Å². The molecule has 5 heteroatoms. The number of aromatic nitrogens is 3. The van der Waals surface area contributed by atoms with Gasteiger partial charge in [0.2, 0.25) is 0 Å². The van der Waals surface area contributed by atoms with E-state index >= 15 is 0 Å². The molecule has 2 aromatic heterocycles. The Labute approximate surface area is 151 Å². The summed E-state index contributed by atoms with van der Waals surface area (Å²) in [5, 5.41) is 1.02. The van der Waals surface area contributed by atoms with Crippen LogP contribution >= 0.6 is 0 Å². The van der Waals surface area contributed by atoms with Crippen LogP contribution in [0, 0.1) is 6.92 Å². The molecular formula is C21H18N4O. The predicted molar refractivity (Wildman–Crippen MR) is 103 cm³/mol. The molecule has 0 saturated heterocycles. The molecule has 0 fully saturated rings. The van der Waals surface area contributed by atoms with Crippen molar-refractivity contribution in [1.82, 2.24) is 15.0 Å². The summed E-state index contributed by atoms with van der Waals surface area (Å²) in [6.45, 7) is 1.95. The first-order valence-electron chi connectivity index (χ1n) is 8.35. The zero-order chi connectivity index (χ0) is 17.9. The summed E-state index contributed by atoms with van der Waals surface area (Å²) in [5.74, 6) is 2.35. The third kappa shape index (κ3) is 3.19. The number of aryl methyl sites for hydroxylation is 1. The van der Waals surface area contributed by atoms with Gasteiger partial charge >= 0.3 is 0 Å². The SMILES string of the molecule is Cc1ccc(Oc2ccc(N(C)c3ncnc4ccccc34)cc2)cn1. The number of nitrogens with zero attached hydrogens (tertiary/aromatic N) is 4. The van der Waals surface area contributed by atoms with Crippen LogP contribution in [0.3, 0.4) is 0 Å². The number of rotatable bonds is 4. The maximum atomic E-state index is 5.84. The minimum absolute atomic E-state index is 0.721. The van der Waals surface area contributed by atoms with E-state index in [4.69, 9.17) is 4.74 Å². The Bertz CT molecular complexity index is 1020. The highest BCUT2D eigenvalue weighted by atomic mass is 16.5. The number of hydrogen-bond donors (Lipinski definition) is 0. The van der Waals surface area contributed by atoms with Gasteiger partial charge in [0.15, 0.2) is 0 Å². The highest BCUT2D eigenvalue weighted by Gasteiger charge is 2.10. The fraction of sp³-hybridized carbons (Fsp3) is 0.0952. The number of anilines is 2. The van der Waals surface area contributed by atoms with E-state index in [0.29, 0.717) is 0 Å². The standard InChI is InChI=1S/C21H18N4O/c1-15-7-10-18(13-22-15)26-17-11-8-16(9-12-17)25(2)21-19-5-3-4-6-20(19)23-14-24-21/h3-14H,1-2H3. The molecule has 128 valence electrons. The number of pyridine rings is 1. The molecule has 0 saturated carbocycles. The molecule has 0 spiro atoms. The van der Waals surface area contributed by atoms with E-state index in [-0.39, 0.29) is 0 Å². The highest BCUT2D eigenvalue weighted by Crippen LogP contribution is 2.30.